The molecule has 2 aromatic carbocycles. The molecule has 1 saturated heterocycles. The lowest BCUT2D eigenvalue weighted by atomic mass is 10.0. The highest BCUT2D eigenvalue weighted by molar-refractivity contribution is 6.00. The average Bonchev–Trinajstić information content (AvgIpc) is 3.73. The first-order chi connectivity index (χ1) is 22.6. The molecule has 11 nitrogen and oxygen atoms in total. The Labute approximate surface area is 271 Å². The molecule has 2 fully saturated rings. The highest BCUT2D eigenvalue weighted by Crippen LogP contribution is 2.39. The lowest BCUT2D eigenvalue weighted by Gasteiger charge is -2.33. The molecule has 3 N–H and O–H groups in total. The predicted molar refractivity (Wildman–Crippen MR) is 178 cm³/mol. The number of nitrogens with two attached hydrogens (primary N) is 1. The van der Waals surface area contributed by atoms with Gasteiger partial charge in [-0.1, -0.05) is 12.1 Å². The maximum absolute atomic E-state index is 14.3. The number of alkyl halides is 1. The van der Waals surface area contributed by atoms with Crippen molar-refractivity contribution in [3.05, 3.63) is 59.7 Å². The number of nitrogens with zero attached hydrogens (tertiary/aromatic N) is 5. The quantitative estimate of drug-likeness (QED) is 0.235. The second kappa shape index (κ2) is 12.0. The van der Waals surface area contributed by atoms with Crippen molar-refractivity contribution in [3.8, 4) is 28.5 Å². The van der Waals surface area contributed by atoms with E-state index in [2.05, 4.69) is 22.0 Å². The van der Waals surface area contributed by atoms with Crippen LogP contribution < -0.4 is 15.8 Å². The third-order valence-electron chi connectivity index (χ3n) is 9.26. The van der Waals surface area contributed by atoms with Crippen LogP contribution in [-0.2, 0) is 18.3 Å². The molecule has 5 aromatic rings. The Morgan fingerprint density at radius 1 is 1.09 bits per heavy atom. The van der Waals surface area contributed by atoms with E-state index in [0.29, 0.717) is 40.8 Å². The fourth-order valence-electron chi connectivity index (χ4n) is 6.66. The molecule has 47 heavy (non-hydrogen) atoms. The molecular formula is C35H38FN7O4. The number of halogens is 1. The van der Waals surface area contributed by atoms with Crippen molar-refractivity contribution in [2.45, 2.75) is 44.9 Å². The number of aromatic nitrogens is 4. The number of likely N-dealkylation sites (tertiary alicyclic amines) is 1. The van der Waals surface area contributed by atoms with Crippen molar-refractivity contribution < 1.29 is 23.5 Å². The Morgan fingerprint density at radius 3 is 2.62 bits per heavy atom. The molecule has 0 radical (unpaired) electrons. The molecule has 4 heterocycles. The number of nitrogens with one attached hydrogen (secondary N) is 1. The largest absolute Gasteiger partial charge is 0.494 e. The third-order valence-corrected chi connectivity index (χ3v) is 9.26. The van der Waals surface area contributed by atoms with Crippen molar-refractivity contribution >= 4 is 39.8 Å². The molecule has 0 bridgehead atoms. The van der Waals surface area contributed by atoms with Crippen molar-refractivity contribution in [2.24, 2.45) is 18.7 Å². The lowest BCUT2D eigenvalue weighted by molar-refractivity contribution is 0.0606. The Balaban J connectivity index is 1.32. The number of carbonyl (C=O) groups excluding carboxylic acids is 2. The van der Waals surface area contributed by atoms with Gasteiger partial charge in [-0.15, -0.1) is 0 Å². The maximum atomic E-state index is 14.3. The molecule has 1 saturated carbocycles. The number of pyridine rings is 1. The molecule has 1 aliphatic heterocycles. The van der Waals surface area contributed by atoms with Crippen molar-refractivity contribution in [2.75, 3.05) is 32.6 Å². The van der Waals surface area contributed by atoms with Crippen LogP contribution in [0.2, 0.25) is 0 Å². The summed E-state index contributed by atoms with van der Waals surface area (Å²) in [5.41, 5.74) is 12.7. The second-order valence-electron chi connectivity index (χ2n) is 12.6. The molecule has 1 aliphatic carbocycles. The number of piperidine rings is 1. The number of hydrogen-bond acceptors (Lipinski definition) is 7. The maximum Gasteiger partial charge on any atom is 0.411 e. The number of imidazole rings is 1. The molecule has 2 aliphatic rings. The van der Waals surface area contributed by atoms with Crippen LogP contribution >= 0.6 is 0 Å². The van der Waals surface area contributed by atoms with Gasteiger partial charge in [0, 0.05) is 48.4 Å². The second-order valence-corrected chi connectivity index (χ2v) is 12.6. The van der Waals surface area contributed by atoms with Crippen molar-refractivity contribution in [3.63, 3.8) is 0 Å². The SMILES string of the molecule is COC(=O)Nc1cccc(-c2ccc3cc(-c4nc5cc(C(=O)N6C[C@H](N)C[C@@H](F)C6)cc(OC)c5n4C)n(CC4CC4)c3n2)c1C. The van der Waals surface area contributed by atoms with Gasteiger partial charge in [0.1, 0.15) is 23.1 Å². The summed E-state index contributed by atoms with van der Waals surface area (Å²) in [7, 11) is 4.84. The summed E-state index contributed by atoms with van der Waals surface area (Å²) in [6.07, 6.45) is 0.874. The minimum absolute atomic E-state index is 0.0161. The van der Waals surface area contributed by atoms with E-state index in [1.165, 1.54) is 12.0 Å². The van der Waals surface area contributed by atoms with Gasteiger partial charge in [0.15, 0.2) is 5.82 Å². The Bertz CT molecular complexity index is 2020. The summed E-state index contributed by atoms with van der Waals surface area (Å²) in [4.78, 5) is 37.1. The predicted octanol–water partition coefficient (Wildman–Crippen LogP) is 5.67. The monoisotopic (exact) mass is 639 g/mol. The van der Waals surface area contributed by atoms with Crippen LogP contribution in [0.4, 0.5) is 14.9 Å². The number of anilines is 1. The molecule has 7 rings (SSSR count). The normalized spacial score (nSPS) is 18.1. The summed E-state index contributed by atoms with van der Waals surface area (Å²) < 4.78 is 29.1. The van der Waals surface area contributed by atoms with E-state index in [0.717, 1.165) is 58.5 Å². The molecule has 3 aromatic heterocycles. The van der Waals surface area contributed by atoms with Crippen molar-refractivity contribution in [1.82, 2.24) is 24.0 Å². The number of hydrogen-bond donors (Lipinski definition) is 2. The summed E-state index contributed by atoms with van der Waals surface area (Å²) in [5.74, 6) is 1.47. The van der Waals surface area contributed by atoms with E-state index in [-0.39, 0.29) is 18.9 Å². The van der Waals surface area contributed by atoms with Gasteiger partial charge in [0.25, 0.3) is 5.91 Å². The van der Waals surface area contributed by atoms with E-state index in [4.69, 9.17) is 25.2 Å². The van der Waals surface area contributed by atoms with Crippen LogP contribution in [0.25, 0.3) is 44.8 Å². The summed E-state index contributed by atoms with van der Waals surface area (Å²) in [6.45, 7) is 3.06. The number of carbonyl (C=O) groups is 2. The summed E-state index contributed by atoms with van der Waals surface area (Å²) >= 11 is 0. The van der Waals surface area contributed by atoms with Crippen LogP contribution in [0.5, 0.6) is 5.75 Å². The van der Waals surface area contributed by atoms with Gasteiger partial charge in [0.2, 0.25) is 0 Å². The zero-order chi connectivity index (χ0) is 33.0. The third kappa shape index (κ3) is 5.67. The zero-order valence-electron chi connectivity index (χ0n) is 26.9. The van der Waals surface area contributed by atoms with Crippen LogP contribution in [0, 0.1) is 12.8 Å². The van der Waals surface area contributed by atoms with Crippen LogP contribution in [0.3, 0.4) is 0 Å². The van der Waals surface area contributed by atoms with Gasteiger partial charge in [0.05, 0.1) is 37.7 Å². The first-order valence-corrected chi connectivity index (χ1v) is 15.8. The molecule has 244 valence electrons. The molecule has 2 atom stereocenters. The first-order valence-electron chi connectivity index (χ1n) is 15.8. The molecule has 0 spiro atoms. The van der Waals surface area contributed by atoms with Gasteiger partial charge >= 0.3 is 6.09 Å². The van der Waals surface area contributed by atoms with Crippen molar-refractivity contribution in [1.29, 1.82) is 0 Å². The number of methoxy groups -OCH3 is 2. The van der Waals surface area contributed by atoms with Gasteiger partial charge in [-0.3, -0.25) is 10.1 Å². The number of benzene rings is 2. The van der Waals surface area contributed by atoms with E-state index in [1.807, 2.05) is 42.8 Å². The first kappa shape index (κ1) is 30.7. The number of fused-ring (bicyclic) bond motifs is 2. The van der Waals surface area contributed by atoms with Gasteiger partial charge in [-0.05, 0) is 74.1 Å². The van der Waals surface area contributed by atoms with Gasteiger partial charge in [-0.2, -0.15) is 0 Å². The fourth-order valence-corrected chi connectivity index (χ4v) is 6.66. The number of rotatable bonds is 7. The summed E-state index contributed by atoms with van der Waals surface area (Å²) in [5, 5.41) is 3.75. The molecule has 2 amide bonds. The fraction of sp³-hybridized carbons (Fsp3) is 0.371. The van der Waals surface area contributed by atoms with E-state index in [1.54, 1.807) is 19.2 Å². The molecular weight excluding hydrogens is 601 g/mol. The Hall–Kier alpha value is -4.97. The number of amides is 2. The zero-order valence-corrected chi connectivity index (χ0v) is 26.9. The van der Waals surface area contributed by atoms with Crippen LogP contribution in [0.15, 0.2) is 48.5 Å². The Morgan fingerprint density at radius 2 is 1.89 bits per heavy atom. The number of ether oxygens (including phenoxy) is 2. The number of aryl methyl sites for hydroxylation is 1. The highest BCUT2D eigenvalue weighted by atomic mass is 19.1. The van der Waals surface area contributed by atoms with Crippen LogP contribution in [-0.4, -0.2) is 75.5 Å². The Kier molecular flexibility index (Phi) is 7.83. The van der Waals surface area contributed by atoms with Crippen LogP contribution in [0.1, 0.15) is 35.2 Å². The van der Waals surface area contributed by atoms with E-state index >= 15 is 0 Å². The van der Waals surface area contributed by atoms with Gasteiger partial charge in [-0.25, -0.2) is 19.2 Å². The lowest BCUT2D eigenvalue weighted by Crippen LogP contribution is -2.50. The van der Waals surface area contributed by atoms with Gasteiger partial charge < -0.3 is 29.2 Å². The standard InChI is InChI=1S/C35H38FN7O4/c1-19-25(6-5-7-26(19)40-35(45)47-4)27-11-10-21-13-29(43(32(21)38-27)16-20-8-9-20)33-39-28-12-22(14-30(46-3)31(28)41(33)2)34(44)42-17-23(36)15-24(37)18-42/h5-7,10-14,20,23-24H,8-9,15-18,37H2,1-4H3,(H,40,45)/t23-,24-/m1/s1. The average molecular weight is 640 g/mol. The topological polar surface area (TPSA) is 130 Å². The van der Waals surface area contributed by atoms with E-state index in [9.17, 15) is 14.0 Å². The molecule has 0 unspecified atom stereocenters. The minimum Gasteiger partial charge on any atom is -0.494 e. The smallest absolute Gasteiger partial charge is 0.411 e. The van der Waals surface area contributed by atoms with E-state index < -0.39 is 18.3 Å². The summed E-state index contributed by atoms with van der Waals surface area (Å²) in [6, 6.07) is 14.9. The minimum atomic E-state index is -1.15. The highest BCUT2D eigenvalue weighted by Gasteiger charge is 2.31. The molecule has 12 heteroatoms.